The molecule has 0 spiro atoms. The van der Waals surface area contributed by atoms with Crippen LogP contribution >= 0.6 is 0 Å². The highest BCUT2D eigenvalue weighted by Gasteiger charge is 2.39. The zero-order chi connectivity index (χ0) is 16.0. The van der Waals surface area contributed by atoms with Gasteiger partial charge < -0.3 is 4.90 Å². The Labute approximate surface area is 132 Å². The van der Waals surface area contributed by atoms with Crippen LogP contribution in [-0.2, 0) is 9.59 Å². The summed E-state index contributed by atoms with van der Waals surface area (Å²) in [5, 5.41) is 7.14. The second-order valence-corrected chi connectivity index (χ2v) is 6.15. The lowest BCUT2D eigenvalue weighted by atomic mass is 10.1. The highest BCUT2D eigenvalue weighted by molar-refractivity contribution is 6.05. The maximum atomic E-state index is 14.1. The normalized spacial score (nSPS) is 21.6. The van der Waals surface area contributed by atoms with Gasteiger partial charge in [0.25, 0.3) is 0 Å². The van der Waals surface area contributed by atoms with Crippen molar-refractivity contribution in [3.8, 4) is 0 Å². The summed E-state index contributed by atoms with van der Waals surface area (Å²) in [6, 6.07) is 4.64. The van der Waals surface area contributed by atoms with E-state index >= 15 is 0 Å². The van der Waals surface area contributed by atoms with E-state index in [1.807, 2.05) is 4.90 Å². The molecule has 6 nitrogen and oxygen atoms in total. The lowest BCUT2D eigenvalue weighted by Crippen LogP contribution is -2.35. The molecule has 2 saturated heterocycles. The fraction of sp³-hybridized carbons (Fsp3) is 0.438. The van der Waals surface area contributed by atoms with Gasteiger partial charge in [0, 0.05) is 26.1 Å². The Morgan fingerprint density at radius 3 is 2.87 bits per heavy atom. The van der Waals surface area contributed by atoms with Crippen molar-refractivity contribution in [1.82, 2.24) is 15.1 Å². The monoisotopic (exact) mass is 316 g/mol. The molecule has 1 N–H and O–H groups in total. The topological polar surface area (TPSA) is 69.3 Å². The van der Waals surface area contributed by atoms with Crippen molar-refractivity contribution in [3.05, 3.63) is 24.0 Å². The highest BCUT2D eigenvalue weighted by Crippen LogP contribution is 2.32. The van der Waals surface area contributed by atoms with E-state index in [4.69, 9.17) is 0 Å². The molecule has 0 radical (unpaired) electrons. The van der Waals surface area contributed by atoms with E-state index in [1.165, 1.54) is 11.0 Å². The van der Waals surface area contributed by atoms with Gasteiger partial charge in [0.2, 0.25) is 11.8 Å². The Morgan fingerprint density at radius 2 is 2.09 bits per heavy atom. The maximum Gasteiger partial charge on any atom is 0.229 e. The first kappa shape index (κ1) is 14.2. The molecule has 4 rings (SSSR count). The SMILES string of the molecule is O=C(C1CC(=O)N(c2n[nH]c3cccc(F)c23)C1)N1CCCC1. The molecule has 1 aromatic heterocycles. The summed E-state index contributed by atoms with van der Waals surface area (Å²) in [4.78, 5) is 28.1. The minimum Gasteiger partial charge on any atom is -0.342 e. The number of aromatic nitrogens is 2. The van der Waals surface area contributed by atoms with E-state index in [9.17, 15) is 14.0 Å². The van der Waals surface area contributed by atoms with Crippen LogP contribution in [0.2, 0.25) is 0 Å². The van der Waals surface area contributed by atoms with Crippen LogP contribution in [0.15, 0.2) is 18.2 Å². The van der Waals surface area contributed by atoms with Crippen LogP contribution in [0, 0.1) is 11.7 Å². The van der Waals surface area contributed by atoms with Gasteiger partial charge in [-0.2, -0.15) is 5.10 Å². The Hall–Kier alpha value is -2.44. The first-order valence-corrected chi connectivity index (χ1v) is 7.87. The predicted molar refractivity (Wildman–Crippen MR) is 82.3 cm³/mol. The van der Waals surface area contributed by atoms with E-state index in [-0.39, 0.29) is 36.5 Å². The van der Waals surface area contributed by atoms with Crippen LogP contribution in [-0.4, -0.2) is 46.5 Å². The molecule has 0 aliphatic carbocycles. The Balaban J connectivity index is 1.62. The molecule has 2 aliphatic rings. The predicted octanol–water partition coefficient (Wildman–Crippen LogP) is 1.68. The van der Waals surface area contributed by atoms with Crippen LogP contribution in [0.1, 0.15) is 19.3 Å². The number of hydrogen-bond donors (Lipinski definition) is 1. The van der Waals surface area contributed by atoms with Crippen molar-refractivity contribution < 1.29 is 14.0 Å². The summed E-state index contributed by atoms with van der Waals surface area (Å²) in [5.74, 6) is -0.662. The van der Waals surface area contributed by atoms with Crippen molar-refractivity contribution >= 4 is 28.5 Å². The maximum absolute atomic E-state index is 14.1. The van der Waals surface area contributed by atoms with Crippen molar-refractivity contribution in [3.63, 3.8) is 0 Å². The minimum atomic E-state index is -0.423. The Kier molecular flexibility index (Phi) is 3.28. The largest absolute Gasteiger partial charge is 0.342 e. The van der Waals surface area contributed by atoms with Gasteiger partial charge in [0.05, 0.1) is 16.8 Å². The molecule has 2 aromatic rings. The average molecular weight is 316 g/mol. The molecule has 1 atom stereocenters. The molecule has 23 heavy (non-hydrogen) atoms. The van der Waals surface area contributed by atoms with Crippen molar-refractivity contribution in [2.45, 2.75) is 19.3 Å². The minimum absolute atomic E-state index is 0.0265. The molecule has 0 saturated carbocycles. The van der Waals surface area contributed by atoms with E-state index < -0.39 is 5.82 Å². The van der Waals surface area contributed by atoms with E-state index in [0.717, 1.165) is 25.9 Å². The van der Waals surface area contributed by atoms with Crippen LogP contribution < -0.4 is 4.90 Å². The molecular formula is C16H17FN4O2. The number of anilines is 1. The van der Waals surface area contributed by atoms with Crippen LogP contribution in [0.25, 0.3) is 10.9 Å². The van der Waals surface area contributed by atoms with Crippen molar-refractivity contribution in [2.75, 3.05) is 24.5 Å². The van der Waals surface area contributed by atoms with E-state index in [1.54, 1.807) is 12.1 Å². The summed E-state index contributed by atoms with van der Waals surface area (Å²) in [5.41, 5.74) is 0.544. The van der Waals surface area contributed by atoms with Gasteiger partial charge in [0.15, 0.2) is 5.82 Å². The number of nitrogens with zero attached hydrogens (tertiary/aromatic N) is 3. The number of rotatable bonds is 2. The van der Waals surface area contributed by atoms with Gasteiger partial charge in [-0.25, -0.2) is 4.39 Å². The molecular weight excluding hydrogens is 299 g/mol. The van der Waals surface area contributed by atoms with Gasteiger partial charge in [0.1, 0.15) is 5.82 Å². The second kappa shape index (κ2) is 5.33. The molecule has 2 aliphatic heterocycles. The Bertz CT molecular complexity index is 781. The number of aromatic amines is 1. The van der Waals surface area contributed by atoms with Crippen molar-refractivity contribution in [2.24, 2.45) is 5.92 Å². The number of hydrogen-bond acceptors (Lipinski definition) is 3. The molecule has 120 valence electrons. The van der Waals surface area contributed by atoms with E-state index in [2.05, 4.69) is 10.2 Å². The smallest absolute Gasteiger partial charge is 0.229 e. The lowest BCUT2D eigenvalue weighted by molar-refractivity contribution is -0.134. The van der Waals surface area contributed by atoms with Gasteiger partial charge in [-0.05, 0) is 25.0 Å². The van der Waals surface area contributed by atoms with Gasteiger partial charge >= 0.3 is 0 Å². The van der Waals surface area contributed by atoms with Crippen LogP contribution in [0.4, 0.5) is 10.2 Å². The summed E-state index contributed by atoms with van der Waals surface area (Å²) in [7, 11) is 0. The third kappa shape index (κ3) is 2.27. The standard InChI is InChI=1S/C16H17FN4O2/c17-11-4-3-5-12-14(11)15(19-18-12)21-9-10(8-13(21)22)16(23)20-6-1-2-7-20/h3-5,10H,1-2,6-9H2,(H,18,19). The molecule has 2 amide bonds. The number of nitrogens with one attached hydrogen (secondary N) is 1. The Morgan fingerprint density at radius 1 is 1.30 bits per heavy atom. The fourth-order valence-electron chi connectivity index (χ4n) is 3.48. The molecule has 0 bridgehead atoms. The average Bonchev–Trinajstić information content (AvgIpc) is 3.25. The van der Waals surface area contributed by atoms with E-state index in [0.29, 0.717) is 10.9 Å². The number of H-pyrrole nitrogens is 1. The van der Waals surface area contributed by atoms with Crippen LogP contribution in [0.3, 0.4) is 0 Å². The summed E-state index contributed by atoms with van der Waals surface area (Å²) >= 11 is 0. The van der Waals surface area contributed by atoms with Gasteiger partial charge in [-0.15, -0.1) is 0 Å². The quantitative estimate of drug-likeness (QED) is 0.916. The molecule has 1 unspecified atom stereocenters. The number of likely N-dealkylation sites (tertiary alicyclic amines) is 1. The van der Waals surface area contributed by atoms with Gasteiger partial charge in [-0.3, -0.25) is 19.6 Å². The van der Waals surface area contributed by atoms with Crippen molar-refractivity contribution in [1.29, 1.82) is 0 Å². The third-order valence-electron chi connectivity index (χ3n) is 4.67. The number of carbonyl (C=O) groups is 2. The molecule has 3 heterocycles. The summed E-state index contributed by atoms with van der Waals surface area (Å²) in [6.45, 7) is 1.80. The summed E-state index contributed by atoms with van der Waals surface area (Å²) < 4.78 is 14.1. The number of fused-ring (bicyclic) bond motifs is 1. The highest BCUT2D eigenvalue weighted by atomic mass is 19.1. The number of halogens is 1. The zero-order valence-corrected chi connectivity index (χ0v) is 12.6. The summed E-state index contributed by atoms with van der Waals surface area (Å²) in [6.07, 6.45) is 2.20. The second-order valence-electron chi connectivity index (χ2n) is 6.15. The van der Waals surface area contributed by atoms with Crippen LogP contribution in [0.5, 0.6) is 0 Å². The number of carbonyl (C=O) groups excluding carboxylic acids is 2. The first-order valence-electron chi connectivity index (χ1n) is 7.87. The zero-order valence-electron chi connectivity index (χ0n) is 12.6. The first-order chi connectivity index (χ1) is 11.1. The molecule has 1 aromatic carbocycles. The fourth-order valence-corrected chi connectivity index (χ4v) is 3.48. The lowest BCUT2D eigenvalue weighted by Gasteiger charge is -2.19. The molecule has 2 fully saturated rings. The molecule has 7 heteroatoms. The number of amides is 2. The number of benzene rings is 1. The third-order valence-corrected chi connectivity index (χ3v) is 4.67. The van der Waals surface area contributed by atoms with Gasteiger partial charge in [-0.1, -0.05) is 6.07 Å².